The summed E-state index contributed by atoms with van der Waals surface area (Å²) < 4.78 is 28.2. The largest absolute Gasteiger partial charge is 0.326 e. The Kier molecular flexibility index (Phi) is 4.23. The van der Waals surface area contributed by atoms with E-state index in [2.05, 4.69) is 4.72 Å². The molecule has 2 rings (SSSR count). The number of nitrogens with two attached hydrogens (primary N) is 1. The molecule has 1 aliphatic carbocycles. The highest BCUT2D eigenvalue weighted by molar-refractivity contribution is 7.89. The van der Waals surface area contributed by atoms with Gasteiger partial charge in [-0.3, -0.25) is 0 Å². The van der Waals surface area contributed by atoms with Crippen LogP contribution in [-0.2, 0) is 16.6 Å². The zero-order chi connectivity index (χ0) is 15.0. The molecule has 0 bridgehead atoms. The van der Waals surface area contributed by atoms with Crippen molar-refractivity contribution in [2.24, 2.45) is 5.73 Å². The Morgan fingerprint density at radius 3 is 2.35 bits per heavy atom. The van der Waals surface area contributed by atoms with Gasteiger partial charge in [0.2, 0.25) is 10.0 Å². The molecule has 3 N–H and O–H groups in total. The van der Waals surface area contributed by atoms with Gasteiger partial charge in [0.25, 0.3) is 0 Å². The zero-order valence-corrected chi connectivity index (χ0v) is 13.3. The maximum atomic E-state index is 12.6. The molecule has 0 unspecified atom stereocenters. The van der Waals surface area contributed by atoms with Gasteiger partial charge in [0.1, 0.15) is 0 Å². The van der Waals surface area contributed by atoms with E-state index in [1.807, 2.05) is 26.8 Å². The molecular weight excluding hydrogens is 272 g/mol. The number of nitrogens with one attached hydrogen (secondary N) is 1. The van der Waals surface area contributed by atoms with Crippen LogP contribution in [0.2, 0.25) is 0 Å². The fourth-order valence-electron chi connectivity index (χ4n) is 3.02. The molecule has 112 valence electrons. The van der Waals surface area contributed by atoms with Crippen LogP contribution in [0, 0.1) is 13.8 Å². The van der Waals surface area contributed by atoms with Gasteiger partial charge >= 0.3 is 0 Å². The van der Waals surface area contributed by atoms with Gasteiger partial charge in [-0.15, -0.1) is 0 Å². The highest BCUT2D eigenvalue weighted by atomic mass is 32.2. The second-order valence-electron chi connectivity index (χ2n) is 6.12. The topological polar surface area (TPSA) is 72.2 Å². The normalized spacial score (nSPS) is 18.4. The number of aryl methyl sites for hydroxylation is 2. The molecule has 0 radical (unpaired) electrons. The fourth-order valence-corrected chi connectivity index (χ4v) is 4.76. The predicted octanol–water partition coefficient (Wildman–Crippen LogP) is 2.37. The summed E-state index contributed by atoms with van der Waals surface area (Å²) >= 11 is 0. The molecule has 1 aromatic carbocycles. The lowest BCUT2D eigenvalue weighted by atomic mass is 10.0. The van der Waals surface area contributed by atoms with Crippen molar-refractivity contribution in [2.75, 3.05) is 0 Å². The average molecular weight is 296 g/mol. The Hall–Kier alpha value is -0.910. The summed E-state index contributed by atoms with van der Waals surface area (Å²) in [6.07, 6.45) is 3.97. The Labute approximate surface area is 121 Å². The van der Waals surface area contributed by atoms with Gasteiger partial charge in [0, 0.05) is 12.1 Å². The van der Waals surface area contributed by atoms with Gasteiger partial charge in [0.05, 0.1) is 4.90 Å². The highest BCUT2D eigenvalue weighted by Crippen LogP contribution is 2.31. The van der Waals surface area contributed by atoms with Crippen LogP contribution in [0.15, 0.2) is 17.0 Å². The van der Waals surface area contributed by atoms with Crippen molar-refractivity contribution in [3.8, 4) is 0 Å². The molecule has 0 aliphatic heterocycles. The molecule has 1 aromatic rings. The van der Waals surface area contributed by atoms with Crippen molar-refractivity contribution in [1.82, 2.24) is 4.72 Å². The third kappa shape index (κ3) is 3.05. The SMILES string of the molecule is Cc1cc(C)c(S(=O)(=O)NC2(C)CCCC2)cc1CN. The van der Waals surface area contributed by atoms with Gasteiger partial charge in [-0.05, 0) is 56.4 Å². The lowest BCUT2D eigenvalue weighted by Crippen LogP contribution is -2.43. The molecule has 0 aromatic heterocycles. The molecule has 0 heterocycles. The first kappa shape index (κ1) is 15.5. The minimum absolute atomic E-state index is 0.307. The minimum atomic E-state index is -3.49. The maximum absolute atomic E-state index is 12.6. The molecule has 20 heavy (non-hydrogen) atoms. The van der Waals surface area contributed by atoms with E-state index in [-0.39, 0.29) is 5.54 Å². The van der Waals surface area contributed by atoms with Crippen molar-refractivity contribution in [3.05, 3.63) is 28.8 Å². The summed E-state index contributed by atoms with van der Waals surface area (Å²) in [6.45, 7) is 6.13. The van der Waals surface area contributed by atoms with E-state index in [0.717, 1.165) is 42.4 Å². The van der Waals surface area contributed by atoms with Crippen LogP contribution in [0.25, 0.3) is 0 Å². The van der Waals surface area contributed by atoms with E-state index >= 15 is 0 Å². The molecular formula is C15H24N2O2S. The molecule has 0 saturated heterocycles. The summed E-state index contributed by atoms with van der Waals surface area (Å²) in [5.74, 6) is 0. The summed E-state index contributed by atoms with van der Waals surface area (Å²) in [6, 6.07) is 3.61. The van der Waals surface area contributed by atoms with Crippen LogP contribution < -0.4 is 10.5 Å². The smallest absolute Gasteiger partial charge is 0.241 e. The van der Waals surface area contributed by atoms with E-state index in [0.29, 0.717) is 11.4 Å². The number of rotatable bonds is 4. The number of sulfonamides is 1. The average Bonchev–Trinajstić information content (AvgIpc) is 2.74. The molecule has 1 aliphatic rings. The third-order valence-electron chi connectivity index (χ3n) is 4.23. The molecule has 0 atom stereocenters. The Bertz CT molecular complexity index is 603. The van der Waals surface area contributed by atoms with E-state index in [1.54, 1.807) is 6.07 Å². The predicted molar refractivity (Wildman–Crippen MR) is 81.0 cm³/mol. The second-order valence-corrected chi connectivity index (χ2v) is 7.77. The van der Waals surface area contributed by atoms with E-state index in [4.69, 9.17) is 5.73 Å². The van der Waals surface area contributed by atoms with Crippen LogP contribution in [0.4, 0.5) is 0 Å². The van der Waals surface area contributed by atoms with Gasteiger partial charge in [-0.25, -0.2) is 13.1 Å². The summed E-state index contributed by atoms with van der Waals surface area (Å²) in [7, 11) is -3.49. The van der Waals surface area contributed by atoms with Crippen LogP contribution >= 0.6 is 0 Å². The number of benzene rings is 1. The summed E-state index contributed by atoms with van der Waals surface area (Å²) in [4.78, 5) is 0.358. The van der Waals surface area contributed by atoms with Crippen LogP contribution in [0.3, 0.4) is 0 Å². The first-order valence-electron chi connectivity index (χ1n) is 7.12. The second kappa shape index (κ2) is 5.47. The lowest BCUT2D eigenvalue weighted by Gasteiger charge is -2.25. The van der Waals surface area contributed by atoms with Gasteiger partial charge < -0.3 is 5.73 Å². The van der Waals surface area contributed by atoms with Gasteiger partial charge in [-0.1, -0.05) is 18.9 Å². The Morgan fingerprint density at radius 1 is 1.20 bits per heavy atom. The molecule has 0 spiro atoms. The van der Waals surface area contributed by atoms with E-state index in [1.165, 1.54) is 0 Å². The molecule has 0 amide bonds. The van der Waals surface area contributed by atoms with Crippen molar-refractivity contribution < 1.29 is 8.42 Å². The van der Waals surface area contributed by atoms with Crippen LogP contribution in [0.1, 0.15) is 49.3 Å². The standard InChI is InChI=1S/C15H24N2O2S/c1-11-8-12(2)14(9-13(11)10-16)20(18,19)17-15(3)6-4-5-7-15/h8-9,17H,4-7,10,16H2,1-3H3. The minimum Gasteiger partial charge on any atom is -0.326 e. The molecule has 5 heteroatoms. The Morgan fingerprint density at radius 2 is 1.80 bits per heavy atom. The molecule has 1 fully saturated rings. The van der Waals surface area contributed by atoms with Gasteiger partial charge in [0.15, 0.2) is 0 Å². The van der Waals surface area contributed by atoms with Crippen molar-refractivity contribution >= 4 is 10.0 Å². The number of hydrogen-bond donors (Lipinski definition) is 2. The highest BCUT2D eigenvalue weighted by Gasteiger charge is 2.34. The monoisotopic (exact) mass is 296 g/mol. The van der Waals surface area contributed by atoms with Crippen LogP contribution in [-0.4, -0.2) is 14.0 Å². The number of hydrogen-bond acceptors (Lipinski definition) is 3. The fraction of sp³-hybridized carbons (Fsp3) is 0.600. The van der Waals surface area contributed by atoms with Crippen molar-refractivity contribution in [3.63, 3.8) is 0 Å². The first-order chi connectivity index (χ1) is 9.27. The Balaban J connectivity index is 2.39. The molecule has 4 nitrogen and oxygen atoms in total. The first-order valence-corrected chi connectivity index (χ1v) is 8.60. The van der Waals surface area contributed by atoms with Crippen molar-refractivity contribution in [2.45, 2.75) is 63.4 Å². The summed E-state index contributed by atoms with van der Waals surface area (Å²) in [5.41, 5.74) is 8.07. The summed E-state index contributed by atoms with van der Waals surface area (Å²) in [5, 5.41) is 0. The van der Waals surface area contributed by atoms with Gasteiger partial charge in [-0.2, -0.15) is 0 Å². The lowest BCUT2D eigenvalue weighted by molar-refractivity contribution is 0.427. The third-order valence-corrected chi connectivity index (χ3v) is 6.01. The maximum Gasteiger partial charge on any atom is 0.241 e. The quantitative estimate of drug-likeness (QED) is 0.896. The zero-order valence-electron chi connectivity index (χ0n) is 12.5. The van der Waals surface area contributed by atoms with E-state index in [9.17, 15) is 8.42 Å². The van der Waals surface area contributed by atoms with Crippen LogP contribution in [0.5, 0.6) is 0 Å². The van der Waals surface area contributed by atoms with E-state index < -0.39 is 10.0 Å². The molecule has 1 saturated carbocycles. The van der Waals surface area contributed by atoms with Crippen molar-refractivity contribution in [1.29, 1.82) is 0 Å².